The molecule has 0 amide bonds. The van der Waals surface area contributed by atoms with Crippen molar-refractivity contribution in [1.29, 1.82) is 0 Å². The van der Waals surface area contributed by atoms with Crippen LogP contribution in [0, 0.1) is 0 Å². The molecule has 1 saturated heterocycles. The second-order valence-electron chi connectivity index (χ2n) is 5.67. The molecule has 0 aliphatic carbocycles. The van der Waals surface area contributed by atoms with Gasteiger partial charge in [-0.3, -0.25) is 0 Å². The minimum atomic E-state index is -3.47. The molecule has 0 unspecified atom stereocenters. The van der Waals surface area contributed by atoms with Crippen molar-refractivity contribution < 1.29 is 18.1 Å². The van der Waals surface area contributed by atoms with Crippen molar-refractivity contribution in [3.05, 3.63) is 36.4 Å². The summed E-state index contributed by atoms with van der Waals surface area (Å²) in [5, 5.41) is 1.54. The maximum absolute atomic E-state index is 13.0. The number of rotatable bonds is 3. The van der Waals surface area contributed by atoms with Crippen LogP contribution in [-0.4, -0.2) is 53.1 Å². The number of likely N-dealkylation sites (N-methyl/N-ethyl adjacent to an activating group) is 1. The minimum absolute atomic E-state index is 0.364. The molecule has 3 rings (SSSR count). The average molecular weight is 321 g/mol. The van der Waals surface area contributed by atoms with E-state index in [1.165, 1.54) is 4.90 Å². The summed E-state index contributed by atoms with van der Waals surface area (Å²) in [4.78, 5) is 1.73. The quantitative estimate of drug-likeness (QED) is 0.888. The third-order valence-corrected chi connectivity index (χ3v) is 6.21. The smallest absolute Gasteiger partial charge is 0.244 e. The molecule has 6 heteroatoms. The van der Waals surface area contributed by atoms with Crippen LogP contribution in [0.25, 0.3) is 10.8 Å². The number of ether oxygens (including phenoxy) is 1. The van der Waals surface area contributed by atoms with E-state index in [1.54, 1.807) is 23.5 Å². The van der Waals surface area contributed by atoms with E-state index in [4.69, 9.17) is 4.74 Å². The number of methoxy groups -OCH3 is 1. The highest BCUT2D eigenvalue weighted by Gasteiger charge is 2.30. The van der Waals surface area contributed by atoms with Crippen LogP contribution in [0.2, 0.25) is 0 Å². The predicted octanol–water partition coefficient (Wildman–Crippen LogP) is 0.367. The minimum Gasteiger partial charge on any atom is -0.496 e. The summed E-state index contributed by atoms with van der Waals surface area (Å²) in [6.07, 6.45) is 0. The van der Waals surface area contributed by atoms with Crippen molar-refractivity contribution in [2.75, 3.05) is 40.3 Å². The van der Waals surface area contributed by atoms with Crippen LogP contribution in [0.4, 0.5) is 0 Å². The fraction of sp³-hybridized carbons (Fsp3) is 0.375. The fourth-order valence-electron chi connectivity index (χ4n) is 2.89. The van der Waals surface area contributed by atoms with Gasteiger partial charge in [-0.05, 0) is 12.1 Å². The largest absolute Gasteiger partial charge is 0.496 e. The highest BCUT2D eigenvalue weighted by Crippen LogP contribution is 2.32. The van der Waals surface area contributed by atoms with E-state index in [0.717, 1.165) is 18.5 Å². The zero-order chi connectivity index (χ0) is 15.7. The van der Waals surface area contributed by atoms with Gasteiger partial charge in [0.2, 0.25) is 10.0 Å². The van der Waals surface area contributed by atoms with Gasteiger partial charge in [0.15, 0.2) is 0 Å². The topological polar surface area (TPSA) is 51.1 Å². The first kappa shape index (κ1) is 15.3. The summed E-state index contributed by atoms with van der Waals surface area (Å²) in [6, 6.07) is 10.9. The number of quaternary nitrogens is 1. The number of nitrogens with zero attached hydrogens (tertiary/aromatic N) is 1. The van der Waals surface area contributed by atoms with Gasteiger partial charge in [-0.25, -0.2) is 8.42 Å². The van der Waals surface area contributed by atoms with Gasteiger partial charge in [-0.15, -0.1) is 0 Å². The van der Waals surface area contributed by atoms with Crippen molar-refractivity contribution in [2.24, 2.45) is 0 Å². The van der Waals surface area contributed by atoms with Gasteiger partial charge in [0.05, 0.1) is 45.2 Å². The molecule has 0 aromatic heterocycles. The van der Waals surface area contributed by atoms with E-state index in [2.05, 4.69) is 7.05 Å². The number of nitrogens with one attached hydrogen (secondary N) is 1. The lowest BCUT2D eigenvalue weighted by Crippen LogP contribution is -3.12. The zero-order valence-electron chi connectivity index (χ0n) is 12.9. The molecule has 0 atom stereocenters. The molecular formula is C16H21N2O3S+. The number of hydrogen-bond acceptors (Lipinski definition) is 3. The van der Waals surface area contributed by atoms with Crippen LogP contribution in [0.1, 0.15) is 0 Å². The fourth-order valence-corrected chi connectivity index (χ4v) is 4.53. The number of hydrogen-bond donors (Lipinski definition) is 1. The van der Waals surface area contributed by atoms with Crippen LogP contribution in [0.5, 0.6) is 5.75 Å². The molecule has 1 aliphatic heterocycles. The molecule has 0 spiro atoms. The Bertz CT molecular complexity index is 781. The predicted molar refractivity (Wildman–Crippen MR) is 85.9 cm³/mol. The van der Waals surface area contributed by atoms with E-state index >= 15 is 0 Å². The van der Waals surface area contributed by atoms with E-state index in [9.17, 15) is 8.42 Å². The lowest BCUT2D eigenvalue weighted by Gasteiger charge is -2.29. The van der Waals surface area contributed by atoms with Crippen molar-refractivity contribution in [3.8, 4) is 5.75 Å². The third-order valence-electron chi connectivity index (χ3n) is 4.26. The molecule has 1 fully saturated rings. The highest BCUT2D eigenvalue weighted by molar-refractivity contribution is 7.89. The summed E-state index contributed by atoms with van der Waals surface area (Å²) in [5.41, 5.74) is 0. The Labute approximate surface area is 131 Å². The van der Waals surface area contributed by atoms with E-state index in [0.29, 0.717) is 29.1 Å². The first-order valence-corrected chi connectivity index (χ1v) is 8.85. The molecule has 2 aromatic rings. The van der Waals surface area contributed by atoms with Crippen LogP contribution >= 0.6 is 0 Å². The molecule has 1 aliphatic rings. The lowest BCUT2D eigenvalue weighted by atomic mass is 10.1. The number of piperazine rings is 1. The average Bonchev–Trinajstić information content (AvgIpc) is 2.54. The van der Waals surface area contributed by atoms with Crippen molar-refractivity contribution >= 4 is 20.8 Å². The summed E-state index contributed by atoms with van der Waals surface area (Å²) in [5.74, 6) is 0.692. The maximum Gasteiger partial charge on any atom is 0.244 e. The van der Waals surface area contributed by atoms with Gasteiger partial charge in [0.25, 0.3) is 0 Å². The van der Waals surface area contributed by atoms with E-state index in [-0.39, 0.29) is 0 Å². The second-order valence-corrected chi connectivity index (χ2v) is 7.58. The van der Waals surface area contributed by atoms with Gasteiger partial charge in [0.1, 0.15) is 5.75 Å². The van der Waals surface area contributed by atoms with E-state index in [1.807, 2.05) is 24.3 Å². The second kappa shape index (κ2) is 5.87. The van der Waals surface area contributed by atoms with Crippen LogP contribution in [0.15, 0.2) is 41.3 Å². The molecule has 0 radical (unpaired) electrons. The van der Waals surface area contributed by atoms with Gasteiger partial charge in [-0.1, -0.05) is 24.3 Å². The number of benzene rings is 2. The summed E-state index contributed by atoms with van der Waals surface area (Å²) >= 11 is 0. The molecule has 0 bridgehead atoms. The Balaban J connectivity index is 2.10. The van der Waals surface area contributed by atoms with Crippen molar-refractivity contribution in [2.45, 2.75) is 4.90 Å². The third kappa shape index (κ3) is 2.58. The molecule has 118 valence electrons. The normalized spacial score (nSPS) is 17.7. The van der Waals surface area contributed by atoms with Gasteiger partial charge >= 0.3 is 0 Å². The monoisotopic (exact) mass is 321 g/mol. The summed E-state index contributed by atoms with van der Waals surface area (Å²) < 4.78 is 32.9. The first-order valence-electron chi connectivity index (χ1n) is 7.41. The molecule has 1 heterocycles. The molecule has 1 N–H and O–H groups in total. The lowest BCUT2D eigenvalue weighted by molar-refractivity contribution is -0.883. The van der Waals surface area contributed by atoms with Crippen molar-refractivity contribution in [1.82, 2.24) is 4.31 Å². The molecule has 2 aromatic carbocycles. The molecule has 0 saturated carbocycles. The van der Waals surface area contributed by atoms with E-state index < -0.39 is 10.0 Å². The molecule has 22 heavy (non-hydrogen) atoms. The number of fused-ring (bicyclic) bond motifs is 1. The summed E-state index contributed by atoms with van der Waals surface area (Å²) in [7, 11) is 0.214. The Morgan fingerprint density at radius 3 is 2.32 bits per heavy atom. The maximum atomic E-state index is 13.0. The number of sulfonamides is 1. The van der Waals surface area contributed by atoms with Gasteiger partial charge in [-0.2, -0.15) is 4.31 Å². The first-order chi connectivity index (χ1) is 10.5. The van der Waals surface area contributed by atoms with Crippen molar-refractivity contribution in [3.63, 3.8) is 0 Å². The van der Waals surface area contributed by atoms with Crippen LogP contribution in [0.3, 0.4) is 0 Å². The Kier molecular flexibility index (Phi) is 4.08. The molecular weight excluding hydrogens is 300 g/mol. The Morgan fingerprint density at radius 1 is 1.05 bits per heavy atom. The van der Waals surface area contributed by atoms with Gasteiger partial charge < -0.3 is 9.64 Å². The Morgan fingerprint density at radius 2 is 1.68 bits per heavy atom. The standard InChI is InChI=1S/C16H20N2O3S/c1-17-9-11-18(12-10-17)22(19,20)16-8-7-15(21-2)13-5-3-4-6-14(13)16/h3-8H,9-12H2,1-2H3/p+1. The Hall–Kier alpha value is -1.63. The summed E-state index contributed by atoms with van der Waals surface area (Å²) in [6.45, 7) is 2.81. The van der Waals surface area contributed by atoms with Crippen LogP contribution in [-0.2, 0) is 10.0 Å². The highest BCUT2D eigenvalue weighted by atomic mass is 32.2. The van der Waals surface area contributed by atoms with Gasteiger partial charge in [0, 0.05) is 10.8 Å². The van der Waals surface area contributed by atoms with Crippen LogP contribution < -0.4 is 9.64 Å². The zero-order valence-corrected chi connectivity index (χ0v) is 13.7. The molecule has 5 nitrogen and oxygen atoms in total. The SMILES string of the molecule is COc1ccc(S(=O)(=O)N2CC[NH+](C)CC2)c2ccccc12.